The molecule has 1 fully saturated rings. The number of hydrogen-bond acceptors (Lipinski definition) is 7. The van der Waals surface area contributed by atoms with Crippen molar-refractivity contribution in [1.29, 1.82) is 0 Å². The molecule has 2 N–H and O–H groups in total. The van der Waals surface area contributed by atoms with E-state index in [4.69, 9.17) is 0 Å². The van der Waals surface area contributed by atoms with Gasteiger partial charge >= 0.3 is 6.03 Å². The largest absolute Gasteiger partial charge is 0.335 e. The first-order valence-corrected chi connectivity index (χ1v) is 10.5. The predicted molar refractivity (Wildman–Crippen MR) is 95.1 cm³/mol. The highest BCUT2D eigenvalue weighted by Crippen LogP contribution is 2.29. The first-order chi connectivity index (χ1) is 11.0. The molecule has 1 aromatic heterocycles. The predicted octanol–water partition coefficient (Wildman–Crippen LogP) is 3.15. The number of imide groups is 1. The zero-order chi connectivity index (χ0) is 16.7. The van der Waals surface area contributed by atoms with E-state index in [1.54, 1.807) is 11.8 Å². The quantitative estimate of drug-likeness (QED) is 0.713. The molecule has 0 unspecified atom stereocenters. The molecular formula is C14H22N4O2S3. The minimum atomic E-state index is -0.395. The van der Waals surface area contributed by atoms with Crippen molar-refractivity contribution < 1.29 is 9.59 Å². The Kier molecular flexibility index (Phi) is 7.64. The number of urea groups is 1. The molecule has 9 heteroatoms. The fraction of sp³-hybridized carbons (Fsp3) is 0.714. The summed E-state index contributed by atoms with van der Waals surface area (Å²) in [5.41, 5.74) is 0. The summed E-state index contributed by atoms with van der Waals surface area (Å²) >= 11 is 4.47. The van der Waals surface area contributed by atoms with Crippen LogP contribution in [0.25, 0.3) is 0 Å². The van der Waals surface area contributed by atoms with Crippen LogP contribution in [0.15, 0.2) is 8.68 Å². The number of carbonyl (C=O) groups is 2. The van der Waals surface area contributed by atoms with Gasteiger partial charge in [0.2, 0.25) is 5.91 Å². The van der Waals surface area contributed by atoms with Crippen molar-refractivity contribution in [3.05, 3.63) is 0 Å². The van der Waals surface area contributed by atoms with Gasteiger partial charge in [0.1, 0.15) is 0 Å². The normalized spacial score (nSPS) is 15.1. The smallest absolute Gasteiger partial charge is 0.321 e. The van der Waals surface area contributed by atoms with Gasteiger partial charge in [0.25, 0.3) is 0 Å². The van der Waals surface area contributed by atoms with Crippen LogP contribution < -0.4 is 10.6 Å². The highest BCUT2D eigenvalue weighted by Gasteiger charge is 2.18. The van der Waals surface area contributed by atoms with Crippen LogP contribution in [-0.2, 0) is 4.79 Å². The molecule has 1 heterocycles. The molecule has 2 rings (SSSR count). The van der Waals surface area contributed by atoms with E-state index in [2.05, 4.69) is 34.7 Å². The molecule has 128 valence electrons. The van der Waals surface area contributed by atoms with Gasteiger partial charge in [0, 0.05) is 11.8 Å². The van der Waals surface area contributed by atoms with Crippen LogP contribution in [0, 0.1) is 5.92 Å². The lowest BCUT2D eigenvalue weighted by molar-refractivity contribution is -0.117. The summed E-state index contributed by atoms with van der Waals surface area (Å²) in [4.78, 5) is 23.5. The first kappa shape index (κ1) is 18.5. The van der Waals surface area contributed by atoms with Gasteiger partial charge in [0.15, 0.2) is 8.68 Å². The fourth-order valence-corrected chi connectivity index (χ4v) is 4.93. The molecule has 0 aromatic carbocycles. The van der Waals surface area contributed by atoms with Crippen LogP contribution in [0.1, 0.15) is 39.5 Å². The van der Waals surface area contributed by atoms with Crippen molar-refractivity contribution in [2.75, 3.05) is 11.5 Å². The Hall–Kier alpha value is -0.800. The summed E-state index contributed by atoms with van der Waals surface area (Å²) in [6, 6.07) is -0.188. The number of hydrogen-bond donors (Lipinski definition) is 2. The molecule has 0 saturated heterocycles. The molecule has 1 aromatic rings. The van der Waals surface area contributed by atoms with Crippen molar-refractivity contribution in [3.63, 3.8) is 0 Å². The number of nitrogens with one attached hydrogen (secondary N) is 2. The topological polar surface area (TPSA) is 84.0 Å². The summed E-state index contributed by atoms with van der Waals surface area (Å²) < 4.78 is 1.67. The van der Waals surface area contributed by atoms with E-state index < -0.39 is 6.03 Å². The van der Waals surface area contributed by atoms with Crippen molar-refractivity contribution in [2.45, 2.75) is 54.3 Å². The van der Waals surface area contributed by atoms with Crippen molar-refractivity contribution in [2.24, 2.45) is 5.92 Å². The lowest BCUT2D eigenvalue weighted by Gasteiger charge is -2.11. The Labute approximate surface area is 149 Å². The standard InChI is InChI=1S/C14H22N4O2S3/c1-9(2)7-21-13-17-18-14(23-13)22-8-11(19)16-12(20)15-10-5-3-4-6-10/h9-10H,3-8H2,1-2H3,(H2,15,16,19,20). The SMILES string of the molecule is CC(C)CSc1nnc(SCC(=O)NC(=O)NC2CCCC2)s1. The summed E-state index contributed by atoms with van der Waals surface area (Å²) in [5.74, 6) is 1.46. The van der Waals surface area contributed by atoms with Gasteiger partial charge in [-0.25, -0.2) is 4.79 Å². The van der Waals surface area contributed by atoms with Crippen molar-refractivity contribution in [3.8, 4) is 0 Å². The molecule has 3 amide bonds. The second-order valence-corrected chi connectivity index (χ2v) is 9.30. The van der Waals surface area contributed by atoms with Gasteiger partial charge < -0.3 is 5.32 Å². The summed E-state index contributed by atoms with van der Waals surface area (Å²) in [6.07, 6.45) is 4.28. The van der Waals surface area contributed by atoms with E-state index in [9.17, 15) is 9.59 Å². The molecule has 1 aliphatic rings. The minimum absolute atomic E-state index is 0.168. The Morgan fingerprint density at radius 1 is 1.22 bits per heavy atom. The average molecular weight is 375 g/mol. The molecule has 6 nitrogen and oxygen atoms in total. The number of rotatable bonds is 7. The highest BCUT2D eigenvalue weighted by atomic mass is 32.2. The first-order valence-electron chi connectivity index (χ1n) is 7.72. The maximum atomic E-state index is 11.8. The number of amides is 3. The molecule has 23 heavy (non-hydrogen) atoms. The molecular weight excluding hydrogens is 352 g/mol. The van der Waals surface area contributed by atoms with Crippen LogP contribution >= 0.6 is 34.9 Å². The molecule has 0 atom stereocenters. The second-order valence-electron chi connectivity index (χ2n) is 5.83. The third kappa shape index (κ3) is 7.09. The monoisotopic (exact) mass is 374 g/mol. The van der Waals surface area contributed by atoms with E-state index in [0.717, 1.165) is 40.1 Å². The Morgan fingerprint density at radius 3 is 2.52 bits per heavy atom. The Morgan fingerprint density at radius 2 is 1.87 bits per heavy atom. The number of carbonyl (C=O) groups excluding carboxylic acids is 2. The third-order valence-electron chi connectivity index (χ3n) is 3.20. The van der Waals surface area contributed by atoms with Gasteiger partial charge in [-0.2, -0.15) is 0 Å². The van der Waals surface area contributed by atoms with Gasteiger partial charge in [-0.3, -0.25) is 10.1 Å². The van der Waals surface area contributed by atoms with Crippen LogP contribution in [0.5, 0.6) is 0 Å². The zero-order valence-electron chi connectivity index (χ0n) is 13.3. The van der Waals surface area contributed by atoms with E-state index in [-0.39, 0.29) is 17.7 Å². The van der Waals surface area contributed by atoms with Crippen molar-refractivity contribution in [1.82, 2.24) is 20.8 Å². The lowest BCUT2D eigenvalue weighted by Crippen LogP contribution is -2.44. The summed E-state index contributed by atoms with van der Waals surface area (Å²) in [6.45, 7) is 4.31. The van der Waals surface area contributed by atoms with Crippen LogP contribution in [0.4, 0.5) is 4.79 Å². The van der Waals surface area contributed by atoms with Crippen LogP contribution in [-0.4, -0.2) is 39.7 Å². The molecule has 1 saturated carbocycles. The molecule has 1 aliphatic carbocycles. The molecule has 0 bridgehead atoms. The molecule has 0 spiro atoms. The van der Waals surface area contributed by atoms with Crippen molar-refractivity contribution >= 4 is 46.8 Å². The number of aromatic nitrogens is 2. The minimum Gasteiger partial charge on any atom is -0.335 e. The maximum Gasteiger partial charge on any atom is 0.321 e. The Balaban J connectivity index is 1.66. The van der Waals surface area contributed by atoms with Crippen LogP contribution in [0.3, 0.4) is 0 Å². The van der Waals surface area contributed by atoms with Gasteiger partial charge in [-0.1, -0.05) is 61.5 Å². The Bertz CT molecular complexity index is 530. The number of thioether (sulfide) groups is 2. The highest BCUT2D eigenvalue weighted by molar-refractivity contribution is 8.03. The fourth-order valence-electron chi connectivity index (χ4n) is 2.13. The lowest BCUT2D eigenvalue weighted by atomic mass is 10.2. The van der Waals surface area contributed by atoms with E-state index in [1.165, 1.54) is 23.1 Å². The zero-order valence-corrected chi connectivity index (χ0v) is 15.8. The summed E-state index contributed by atoms with van der Waals surface area (Å²) in [7, 11) is 0. The molecule has 0 aliphatic heterocycles. The van der Waals surface area contributed by atoms with Crippen LogP contribution in [0.2, 0.25) is 0 Å². The van der Waals surface area contributed by atoms with E-state index >= 15 is 0 Å². The van der Waals surface area contributed by atoms with E-state index in [0.29, 0.717) is 5.92 Å². The van der Waals surface area contributed by atoms with Gasteiger partial charge in [0.05, 0.1) is 5.75 Å². The molecule has 0 radical (unpaired) electrons. The second kappa shape index (κ2) is 9.48. The summed E-state index contributed by atoms with van der Waals surface area (Å²) in [5, 5.41) is 13.3. The number of nitrogens with zero attached hydrogens (tertiary/aromatic N) is 2. The van der Waals surface area contributed by atoms with Gasteiger partial charge in [-0.15, -0.1) is 10.2 Å². The van der Waals surface area contributed by atoms with E-state index in [1.807, 2.05) is 0 Å². The van der Waals surface area contributed by atoms with Gasteiger partial charge in [-0.05, 0) is 18.8 Å². The third-order valence-corrected chi connectivity index (χ3v) is 6.81. The maximum absolute atomic E-state index is 11.8. The average Bonchev–Trinajstić information content (AvgIpc) is 3.14.